The number of nitrogens with zero attached hydrogens (tertiary/aromatic N) is 6. The molecular formula is C30H26ClFN6OS2. The second-order valence-corrected chi connectivity index (χ2v) is 11.8. The van der Waals surface area contributed by atoms with Crippen LogP contribution in [0.1, 0.15) is 21.1 Å². The smallest absolute Gasteiger partial charge is 0.273 e. The molecule has 7 nitrogen and oxygen atoms in total. The highest BCUT2D eigenvalue weighted by Crippen LogP contribution is 2.34. The molecule has 11 heteroatoms. The number of hydrogen-bond donors (Lipinski definition) is 0. The number of benzene rings is 3. The summed E-state index contributed by atoms with van der Waals surface area (Å²) in [6.07, 6.45) is 0. The van der Waals surface area contributed by atoms with E-state index < -0.39 is 5.82 Å². The summed E-state index contributed by atoms with van der Waals surface area (Å²) in [5.74, 6) is 0.461. The molecule has 3 aromatic carbocycles. The first-order chi connectivity index (χ1) is 20.1. The normalized spacial score (nSPS) is 14.0. The van der Waals surface area contributed by atoms with E-state index in [9.17, 15) is 9.18 Å². The zero-order valence-electron chi connectivity index (χ0n) is 22.0. The average molecular weight is 605 g/mol. The van der Waals surface area contributed by atoms with E-state index >= 15 is 0 Å². The van der Waals surface area contributed by atoms with E-state index in [1.54, 1.807) is 28.8 Å². The van der Waals surface area contributed by atoms with E-state index in [1.807, 2.05) is 34.5 Å². The number of hydrogen-bond acceptors (Lipinski definition) is 7. The molecule has 41 heavy (non-hydrogen) atoms. The predicted molar refractivity (Wildman–Crippen MR) is 161 cm³/mol. The van der Waals surface area contributed by atoms with Crippen LogP contribution in [0, 0.1) is 5.82 Å². The molecule has 0 unspecified atom stereocenters. The van der Waals surface area contributed by atoms with Gasteiger partial charge in [0, 0.05) is 43.7 Å². The van der Waals surface area contributed by atoms with Gasteiger partial charge in [0.1, 0.15) is 16.5 Å². The summed E-state index contributed by atoms with van der Waals surface area (Å²) in [4.78, 5) is 22.1. The molecule has 1 amide bonds. The Balaban J connectivity index is 1.14. The summed E-state index contributed by atoms with van der Waals surface area (Å²) in [5.41, 5.74) is 2.72. The van der Waals surface area contributed by atoms with Gasteiger partial charge >= 0.3 is 0 Å². The van der Waals surface area contributed by atoms with Crippen molar-refractivity contribution >= 4 is 40.6 Å². The molecule has 0 N–H and O–H groups in total. The molecule has 1 saturated heterocycles. The Bertz CT molecular complexity index is 1650. The van der Waals surface area contributed by atoms with Crippen LogP contribution < -0.4 is 0 Å². The third kappa shape index (κ3) is 6.20. The van der Waals surface area contributed by atoms with Gasteiger partial charge in [0.05, 0.1) is 16.5 Å². The Labute approximate surface area is 250 Å². The van der Waals surface area contributed by atoms with E-state index in [0.29, 0.717) is 51.8 Å². The second-order valence-electron chi connectivity index (χ2n) is 9.54. The number of piperazine rings is 1. The molecule has 0 atom stereocenters. The molecule has 208 valence electrons. The van der Waals surface area contributed by atoms with Crippen molar-refractivity contribution in [2.45, 2.75) is 17.5 Å². The van der Waals surface area contributed by atoms with Crippen molar-refractivity contribution in [1.82, 2.24) is 29.5 Å². The third-order valence-corrected chi connectivity index (χ3v) is 9.15. The maximum Gasteiger partial charge on any atom is 0.273 e. The monoisotopic (exact) mass is 604 g/mol. The van der Waals surface area contributed by atoms with Gasteiger partial charge in [-0.1, -0.05) is 78.0 Å². The molecule has 3 heterocycles. The molecule has 1 fully saturated rings. The number of rotatable bonds is 8. The Morgan fingerprint density at radius 2 is 1.66 bits per heavy atom. The van der Waals surface area contributed by atoms with Crippen molar-refractivity contribution in [3.63, 3.8) is 0 Å². The van der Waals surface area contributed by atoms with Crippen LogP contribution in [0.5, 0.6) is 0 Å². The molecule has 0 radical (unpaired) electrons. The maximum absolute atomic E-state index is 14.9. The fourth-order valence-electron chi connectivity index (χ4n) is 4.75. The van der Waals surface area contributed by atoms with Gasteiger partial charge in [0.25, 0.3) is 5.91 Å². The van der Waals surface area contributed by atoms with E-state index in [-0.39, 0.29) is 5.91 Å². The van der Waals surface area contributed by atoms with Crippen molar-refractivity contribution in [3.05, 3.63) is 111 Å². The summed E-state index contributed by atoms with van der Waals surface area (Å²) < 4.78 is 16.6. The summed E-state index contributed by atoms with van der Waals surface area (Å²) in [6.45, 7) is 3.88. The first-order valence-corrected chi connectivity index (χ1v) is 15.4. The zero-order valence-corrected chi connectivity index (χ0v) is 24.4. The number of thiazole rings is 1. The fraction of sp³-hybridized carbons (Fsp3) is 0.200. The van der Waals surface area contributed by atoms with E-state index in [4.69, 9.17) is 11.6 Å². The number of halogens is 2. The fourth-order valence-corrected chi connectivity index (χ4v) is 6.70. The molecule has 0 bridgehead atoms. The van der Waals surface area contributed by atoms with Crippen LogP contribution in [0.4, 0.5) is 4.39 Å². The number of carbonyl (C=O) groups is 1. The largest absolute Gasteiger partial charge is 0.335 e. The average Bonchev–Trinajstić information content (AvgIpc) is 3.65. The second kappa shape index (κ2) is 12.5. The minimum absolute atomic E-state index is 0.0487. The molecule has 0 saturated carbocycles. The SMILES string of the molecule is O=C(c1csc(CSc2nnc(-c3ccccc3Cl)n2-c2ccccc2F)n1)N1CCN(Cc2ccccc2)CC1. The number of para-hydroxylation sites is 1. The quantitative estimate of drug-likeness (QED) is 0.190. The van der Waals surface area contributed by atoms with Crippen molar-refractivity contribution in [3.8, 4) is 17.1 Å². The van der Waals surface area contributed by atoms with Gasteiger partial charge in [0.15, 0.2) is 11.0 Å². The molecule has 6 rings (SSSR count). The Kier molecular flexibility index (Phi) is 8.43. The number of aromatic nitrogens is 4. The van der Waals surface area contributed by atoms with E-state index in [2.05, 4.69) is 44.3 Å². The van der Waals surface area contributed by atoms with Gasteiger partial charge in [-0.2, -0.15) is 0 Å². The Morgan fingerprint density at radius 3 is 2.44 bits per heavy atom. The topological polar surface area (TPSA) is 67.2 Å². The van der Waals surface area contributed by atoms with E-state index in [0.717, 1.165) is 24.6 Å². The van der Waals surface area contributed by atoms with Crippen LogP contribution >= 0.6 is 34.7 Å². The molecule has 1 aliphatic heterocycles. The molecule has 0 spiro atoms. The number of amides is 1. The van der Waals surface area contributed by atoms with Gasteiger partial charge in [-0.15, -0.1) is 21.5 Å². The van der Waals surface area contributed by atoms with Crippen LogP contribution in [0.25, 0.3) is 17.1 Å². The third-order valence-electron chi connectivity index (χ3n) is 6.85. The molecule has 1 aliphatic rings. The van der Waals surface area contributed by atoms with Crippen molar-refractivity contribution in [1.29, 1.82) is 0 Å². The standard InChI is InChI=1S/C30H26ClFN6OS2/c31-23-11-5-4-10-22(23)28-34-35-30(38(28)26-13-7-6-12-24(26)32)41-20-27-33-25(19-40-27)29(39)37-16-14-36(15-17-37)18-21-8-2-1-3-9-21/h1-13,19H,14-18,20H2. The summed E-state index contributed by atoms with van der Waals surface area (Å²) in [5, 5.41) is 12.3. The number of carbonyl (C=O) groups excluding carboxylic acids is 1. The lowest BCUT2D eigenvalue weighted by Crippen LogP contribution is -2.48. The maximum atomic E-state index is 14.9. The van der Waals surface area contributed by atoms with Gasteiger partial charge < -0.3 is 4.90 Å². The first kappa shape index (κ1) is 27.6. The van der Waals surface area contributed by atoms with Crippen LogP contribution in [0.15, 0.2) is 89.4 Å². The highest BCUT2D eigenvalue weighted by Gasteiger charge is 2.25. The number of thioether (sulfide) groups is 1. The minimum Gasteiger partial charge on any atom is -0.335 e. The Morgan fingerprint density at radius 1 is 0.927 bits per heavy atom. The van der Waals surface area contributed by atoms with Gasteiger partial charge in [0.2, 0.25) is 0 Å². The predicted octanol–water partition coefficient (Wildman–Crippen LogP) is 6.43. The first-order valence-electron chi connectivity index (χ1n) is 13.1. The van der Waals surface area contributed by atoms with Crippen LogP contribution in [-0.4, -0.2) is 61.6 Å². The van der Waals surface area contributed by atoms with Crippen molar-refractivity contribution in [2.24, 2.45) is 0 Å². The Hall–Kier alpha value is -3.57. The van der Waals surface area contributed by atoms with Crippen molar-refractivity contribution in [2.75, 3.05) is 26.2 Å². The molecular weight excluding hydrogens is 579 g/mol. The van der Waals surface area contributed by atoms with Crippen LogP contribution in [0.3, 0.4) is 0 Å². The molecule has 0 aliphatic carbocycles. The summed E-state index contributed by atoms with van der Waals surface area (Å²) >= 11 is 9.27. The molecule has 2 aromatic heterocycles. The van der Waals surface area contributed by atoms with Gasteiger partial charge in [-0.3, -0.25) is 14.3 Å². The lowest BCUT2D eigenvalue weighted by molar-refractivity contribution is 0.0623. The zero-order chi connectivity index (χ0) is 28.2. The van der Waals surface area contributed by atoms with Crippen molar-refractivity contribution < 1.29 is 9.18 Å². The van der Waals surface area contributed by atoms with E-state index in [1.165, 1.54) is 34.7 Å². The lowest BCUT2D eigenvalue weighted by Gasteiger charge is -2.34. The highest BCUT2D eigenvalue weighted by atomic mass is 35.5. The van der Waals surface area contributed by atoms with Gasteiger partial charge in [-0.25, -0.2) is 9.37 Å². The summed E-state index contributed by atoms with van der Waals surface area (Å²) in [7, 11) is 0. The minimum atomic E-state index is -0.395. The van der Waals surface area contributed by atoms with Crippen LogP contribution in [-0.2, 0) is 12.3 Å². The summed E-state index contributed by atoms with van der Waals surface area (Å²) in [6, 6.07) is 24.2. The molecule has 5 aromatic rings. The lowest BCUT2D eigenvalue weighted by atomic mass is 10.2. The van der Waals surface area contributed by atoms with Crippen LogP contribution in [0.2, 0.25) is 5.02 Å². The highest BCUT2D eigenvalue weighted by molar-refractivity contribution is 7.98. The van der Waals surface area contributed by atoms with Gasteiger partial charge in [-0.05, 0) is 29.8 Å².